The molecule has 0 saturated heterocycles. The normalized spacial score (nSPS) is 10.5. The molecule has 0 saturated carbocycles. The summed E-state index contributed by atoms with van der Waals surface area (Å²) in [6.45, 7) is 1.71. The zero-order valence-corrected chi connectivity index (χ0v) is 13.9. The zero-order chi connectivity index (χ0) is 18.0. The highest BCUT2D eigenvalue weighted by Gasteiger charge is 2.17. The highest BCUT2D eigenvalue weighted by Crippen LogP contribution is 2.22. The molecule has 1 heterocycles. The summed E-state index contributed by atoms with van der Waals surface area (Å²) in [6.07, 6.45) is 0. The second kappa shape index (κ2) is 6.86. The van der Waals surface area contributed by atoms with Crippen LogP contribution in [0.15, 0.2) is 59.4 Å². The maximum atomic E-state index is 13.9. The summed E-state index contributed by atoms with van der Waals surface area (Å²) < 4.78 is 15.4. The summed E-state index contributed by atoms with van der Waals surface area (Å²) in [6, 6.07) is 14.6. The first kappa shape index (κ1) is 16.9. The van der Waals surface area contributed by atoms with Crippen LogP contribution < -0.4 is 10.7 Å². The minimum absolute atomic E-state index is 0.120. The minimum atomic E-state index is -0.809. The highest BCUT2D eigenvalue weighted by atomic mass is 35.5. The van der Waals surface area contributed by atoms with Crippen LogP contribution in [0.4, 0.5) is 10.1 Å². The van der Waals surface area contributed by atoms with Gasteiger partial charge in [0.1, 0.15) is 0 Å². The number of aryl methyl sites for hydroxylation is 1. The molecule has 0 radical (unpaired) electrons. The Morgan fingerprint density at radius 1 is 1.16 bits per heavy atom. The molecule has 5 nitrogen and oxygen atoms in total. The molecule has 126 valence electrons. The molecular weight excluding hydrogens is 345 g/mol. The average Bonchev–Trinajstić information content (AvgIpc) is 2.59. The van der Waals surface area contributed by atoms with Crippen LogP contribution in [0.25, 0.3) is 5.69 Å². The molecule has 0 fully saturated rings. The van der Waals surface area contributed by atoms with Gasteiger partial charge in [0.15, 0.2) is 11.5 Å². The van der Waals surface area contributed by atoms with Crippen molar-refractivity contribution in [3.05, 3.63) is 87.0 Å². The van der Waals surface area contributed by atoms with Crippen LogP contribution in [-0.2, 0) is 0 Å². The Kier molecular flexibility index (Phi) is 4.63. The van der Waals surface area contributed by atoms with Crippen molar-refractivity contribution in [2.75, 3.05) is 5.32 Å². The fourth-order valence-corrected chi connectivity index (χ4v) is 2.49. The van der Waals surface area contributed by atoms with Crippen molar-refractivity contribution in [3.63, 3.8) is 0 Å². The molecule has 0 aliphatic carbocycles. The first-order valence-electron chi connectivity index (χ1n) is 7.39. The Bertz CT molecular complexity index is 1000. The van der Waals surface area contributed by atoms with Crippen molar-refractivity contribution in [2.45, 2.75) is 6.92 Å². The van der Waals surface area contributed by atoms with E-state index < -0.39 is 17.2 Å². The average molecular weight is 358 g/mol. The van der Waals surface area contributed by atoms with Gasteiger partial charge in [-0.05, 0) is 31.2 Å². The monoisotopic (exact) mass is 357 g/mol. The number of nitrogens with one attached hydrogen (secondary N) is 1. The number of nitrogens with zero attached hydrogens (tertiary/aromatic N) is 2. The van der Waals surface area contributed by atoms with Crippen LogP contribution in [0, 0.1) is 12.7 Å². The predicted molar refractivity (Wildman–Crippen MR) is 93.9 cm³/mol. The van der Waals surface area contributed by atoms with Crippen molar-refractivity contribution >= 4 is 23.2 Å². The minimum Gasteiger partial charge on any atom is -0.318 e. The van der Waals surface area contributed by atoms with Gasteiger partial charge >= 0.3 is 0 Å². The molecule has 7 heteroatoms. The third kappa shape index (κ3) is 3.44. The molecule has 3 rings (SSSR count). The van der Waals surface area contributed by atoms with Gasteiger partial charge < -0.3 is 5.32 Å². The number of carbonyl (C=O) groups excluding carboxylic acids is 1. The fraction of sp³-hybridized carbons (Fsp3) is 0.0556. The quantitative estimate of drug-likeness (QED) is 0.779. The molecule has 0 atom stereocenters. The van der Waals surface area contributed by atoms with Gasteiger partial charge in [-0.15, -0.1) is 0 Å². The summed E-state index contributed by atoms with van der Waals surface area (Å²) in [4.78, 5) is 24.5. The van der Waals surface area contributed by atoms with E-state index in [1.54, 1.807) is 19.1 Å². The molecule has 2 aromatic carbocycles. The van der Waals surface area contributed by atoms with Gasteiger partial charge in [-0.1, -0.05) is 35.9 Å². The molecule has 1 amide bonds. The van der Waals surface area contributed by atoms with Crippen LogP contribution >= 0.6 is 11.6 Å². The summed E-state index contributed by atoms with van der Waals surface area (Å²) in [7, 11) is 0. The Balaban J connectivity index is 2.01. The number of hydrogen-bond donors (Lipinski definition) is 1. The van der Waals surface area contributed by atoms with Crippen molar-refractivity contribution < 1.29 is 9.18 Å². The summed E-state index contributed by atoms with van der Waals surface area (Å²) in [5.74, 6) is -1.58. The summed E-state index contributed by atoms with van der Waals surface area (Å²) >= 11 is 5.69. The lowest BCUT2D eigenvalue weighted by molar-refractivity contribution is 0.101. The maximum absolute atomic E-state index is 13.9. The smallest absolute Gasteiger partial charge is 0.280 e. The number of hydrogen-bond acceptors (Lipinski definition) is 3. The molecule has 3 aromatic rings. The van der Waals surface area contributed by atoms with Crippen molar-refractivity contribution in [1.82, 2.24) is 9.78 Å². The van der Waals surface area contributed by atoms with Gasteiger partial charge in [0.05, 0.1) is 16.4 Å². The van der Waals surface area contributed by atoms with Gasteiger partial charge in [0, 0.05) is 11.8 Å². The van der Waals surface area contributed by atoms with Crippen molar-refractivity contribution in [1.29, 1.82) is 0 Å². The van der Waals surface area contributed by atoms with Crippen LogP contribution in [0.2, 0.25) is 5.02 Å². The maximum Gasteiger partial charge on any atom is 0.280 e. The molecule has 0 unspecified atom stereocenters. The van der Waals surface area contributed by atoms with E-state index in [-0.39, 0.29) is 16.4 Å². The van der Waals surface area contributed by atoms with Crippen LogP contribution in [-0.4, -0.2) is 15.7 Å². The highest BCUT2D eigenvalue weighted by molar-refractivity contribution is 6.31. The Morgan fingerprint density at radius 2 is 1.88 bits per heavy atom. The number of para-hydroxylation sites is 1. The fourth-order valence-electron chi connectivity index (χ4n) is 2.32. The topological polar surface area (TPSA) is 64.0 Å². The largest absolute Gasteiger partial charge is 0.318 e. The molecule has 0 aliphatic heterocycles. The van der Waals surface area contributed by atoms with E-state index in [0.29, 0.717) is 11.4 Å². The molecule has 0 bridgehead atoms. The molecule has 1 N–H and O–H groups in total. The third-order valence-corrected chi connectivity index (χ3v) is 3.82. The Hall–Kier alpha value is -2.99. The zero-order valence-electron chi connectivity index (χ0n) is 13.2. The number of amides is 1. The molecule has 0 spiro atoms. The Labute approximate surface area is 147 Å². The van der Waals surface area contributed by atoms with Gasteiger partial charge in [-0.3, -0.25) is 9.59 Å². The molecule has 1 aromatic heterocycles. The van der Waals surface area contributed by atoms with E-state index in [1.165, 1.54) is 28.9 Å². The van der Waals surface area contributed by atoms with E-state index in [0.717, 1.165) is 0 Å². The van der Waals surface area contributed by atoms with Gasteiger partial charge in [0.25, 0.3) is 5.91 Å². The lowest BCUT2D eigenvalue weighted by Crippen LogP contribution is -2.27. The Morgan fingerprint density at radius 3 is 2.60 bits per heavy atom. The van der Waals surface area contributed by atoms with Crippen molar-refractivity contribution in [2.24, 2.45) is 0 Å². The molecule has 0 aliphatic rings. The standard InChI is InChI=1S/C18H13ClFN3O2/c1-11-10-15(24)17(22-23(11)12-6-3-2-4-7-12)18(25)21-14-9-5-8-13(19)16(14)20/h2-10H,1H3,(H,21,25). The number of halogens is 2. The first-order chi connectivity index (χ1) is 12.0. The number of benzene rings is 2. The number of anilines is 1. The van der Waals surface area contributed by atoms with Crippen LogP contribution in [0.5, 0.6) is 0 Å². The second-order valence-electron chi connectivity index (χ2n) is 5.30. The number of aromatic nitrogens is 2. The van der Waals surface area contributed by atoms with Gasteiger partial charge in [-0.2, -0.15) is 5.10 Å². The van der Waals surface area contributed by atoms with E-state index in [1.807, 2.05) is 18.2 Å². The summed E-state index contributed by atoms with van der Waals surface area (Å²) in [5, 5.41) is 6.33. The van der Waals surface area contributed by atoms with E-state index in [2.05, 4.69) is 10.4 Å². The van der Waals surface area contributed by atoms with Gasteiger partial charge in [0.2, 0.25) is 5.43 Å². The lowest BCUT2D eigenvalue weighted by Gasteiger charge is -2.11. The summed E-state index contributed by atoms with van der Waals surface area (Å²) in [5.41, 5.74) is 0.258. The van der Waals surface area contributed by atoms with Gasteiger partial charge in [-0.25, -0.2) is 9.07 Å². The SMILES string of the molecule is Cc1cc(=O)c(C(=O)Nc2cccc(Cl)c2F)nn1-c1ccccc1. The number of rotatable bonds is 3. The third-order valence-electron chi connectivity index (χ3n) is 3.52. The van der Waals surface area contributed by atoms with E-state index >= 15 is 0 Å². The lowest BCUT2D eigenvalue weighted by atomic mass is 10.2. The van der Waals surface area contributed by atoms with Crippen molar-refractivity contribution in [3.8, 4) is 5.69 Å². The first-order valence-corrected chi connectivity index (χ1v) is 7.77. The van der Waals surface area contributed by atoms with Crippen LogP contribution in [0.3, 0.4) is 0 Å². The van der Waals surface area contributed by atoms with E-state index in [9.17, 15) is 14.0 Å². The van der Waals surface area contributed by atoms with E-state index in [4.69, 9.17) is 11.6 Å². The molecule has 25 heavy (non-hydrogen) atoms. The molecular formula is C18H13ClFN3O2. The predicted octanol–water partition coefficient (Wildman–Crippen LogP) is 3.59. The van der Waals surface area contributed by atoms with Crippen LogP contribution in [0.1, 0.15) is 16.2 Å². The number of carbonyl (C=O) groups is 1. The second-order valence-corrected chi connectivity index (χ2v) is 5.71.